The number of rotatable bonds is 10. The van der Waals surface area contributed by atoms with Gasteiger partial charge in [0.15, 0.2) is 12.2 Å². The predicted octanol–water partition coefficient (Wildman–Crippen LogP) is 3.05. The highest BCUT2D eigenvalue weighted by Crippen LogP contribution is 2.29. The first-order valence-electron chi connectivity index (χ1n) is 15.0. The van der Waals surface area contributed by atoms with Gasteiger partial charge in [0.2, 0.25) is 0 Å². The minimum absolute atomic E-state index is 0.181. The maximum atomic E-state index is 15.1. The van der Waals surface area contributed by atoms with Crippen LogP contribution in [0.3, 0.4) is 0 Å². The maximum absolute atomic E-state index is 15.1. The van der Waals surface area contributed by atoms with Gasteiger partial charge in [0.25, 0.3) is 21.8 Å². The Morgan fingerprint density at radius 1 is 0.940 bits per heavy atom. The summed E-state index contributed by atoms with van der Waals surface area (Å²) in [5.41, 5.74) is -0.351. The van der Waals surface area contributed by atoms with Crippen LogP contribution in [-0.4, -0.2) is 90.4 Å². The monoisotopic (exact) mass is 705 g/mol. The van der Waals surface area contributed by atoms with Crippen LogP contribution < -0.4 is 14.9 Å². The molecule has 14 nitrogen and oxygen atoms in total. The molecule has 4 amide bonds. The molecule has 1 aromatic heterocycles. The first-order valence-corrected chi connectivity index (χ1v) is 16.5. The number of benzene rings is 3. The molecule has 17 heteroatoms. The first kappa shape index (κ1) is 33.8. The zero-order chi connectivity index (χ0) is 35.9. The van der Waals surface area contributed by atoms with E-state index in [0.717, 1.165) is 4.90 Å². The van der Waals surface area contributed by atoms with Crippen molar-refractivity contribution in [2.75, 3.05) is 23.7 Å². The van der Waals surface area contributed by atoms with Crippen LogP contribution in [0.5, 0.6) is 0 Å². The van der Waals surface area contributed by atoms with E-state index in [4.69, 9.17) is 0 Å². The molecule has 3 heterocycles. The number of carboxylic acids is 1. The standard InChI is InChI=1S/C33H29F2N7O7S/c1-39-18-36-29-28(39)31(44)42(33(47)40(29)2)22-7-5-19(6-8-22)15-26(32(45)46)37-30(43)27-24(34)16-20(17-25(27)35)38-50(48,49)23-11-9-21(10-12-23)41-13-3-4-14-41/h3-14,16-18,26,28-29,38H,15H2,1-2H3,(H,37,43)(H,45,46)/t26-,28?,29?/m0/s1. The SMILES string of the molecule is CN1C=NC2C1C(=O)N(c1ccc(C[C@H](NC(=O)c3c(F)cc(NS(=O)(=O)c4ccc(-n5cccc5)cc4)cc3F)C(=O)O)cc1)C(=O)N2C. The Balaban J connectivity index is 1.13. The summed E-state index contributed by atoms with van der Waals surface area (Å²) in [5.74, 6) is -6.25. The summed E-state index contributed by atoms with van der Waals surface area (Å²) >= 11 is 0. The van der Waals surface area contributed by atoms with Gasteiger partial charge >= 0.3 is 12.0 Å². The highest BCUT2D eigenvalue weighted by Gasteiger charge is 2.49. The first-order chi connectivity index (χ1) is 23.7. The number of nitrogens with one attached hydrogen (secondary N) is 2. The van der Waals surface area contributed by atoms with Gasteiger partial charge in [-0.2, -0.15) is 0 Å². The summed E-state index contributed by atoms with van der Waals surface area (Å²) in [7, 11) is -1.09. The lowest BCUT2D eigenvalue weighted by Gasteiger charge is -2.40. The molecule has 4 aromatic rings. The number of carboxylic acid groups (broad SMARTS) is 1. The van der Waals surface area contributed by atoms with Crippen LogP contribution in [0.15, 0.2) is 95.1 Å². The summed E-state index contributed by atoms with van der Waals surface area (Å²) in [6, 6.07) is 13.3. The van der Waals surface area contributed by atoms with Crippen LogP contribution in [0, 0.1) is 11.6 Å². The summed E-state index contributed by atoms with van der Waals surface area (Å²) in [4.78, 5) is 59.1. The van der Waals surface area contributed by atoms with Crippen molar-refractivity contribution >= 4 is 51.6 Å². The Kier molecular flexibility index (Phi) is 8.83. The van der Waals surface area contributed by atoms with E-state index in [9.17, 15) is 32.7 Å². The van der Waals surface area contributed by atoms with E-state index >= 15 is 8.78 Å². The number of sulfonamides is 1. The molecule has 3 atom stereocenters. The summed E-state index contributed by atoms with van der Waals surface area (Å²) < 4.78 is 59.8. The molecule has 2 aliphatic rings. The zero-order valence-corrected chi connectivity index (χ0v) is 27.2. The van der Waals surface area contributed by atoms with Crippen molar-refractivity contribution in [1.82, 2.24) is 19.7 Å². The van der Waals surface area contributed by atoms with E-state index in [0.29, 0.717) is 23.4 Å². The second kappa shape index (κ2) is 13.1. The molecule has 1 fully saturated rings. The number of hydrogen-bond acceptors (Lipinski definition) is 8. The third kappa shape index (κ3) is 6.37. The Bertz CT molecular complexity index is 2100. The molecule has 2 unspecified atom stereocenters. The van der Waals surface area contributed by atoms with Crippen LogP contribution in [0.25, 0.3) is 5.69 Å². The number of likely N-dealkylation sites (N-methyl/N-ethyl adjacent to an activating group) is 2. The molecule has 50 heavy (non-hydrogen) atoms. The molecule has 0 aliphatic carbocycles. The quantitative estimate of drug-likeness (QED) is 0.226. The number of anilines is 2. The smallest absolute Gasteiger partial charge is 0.332 e. The van der Waals surface area contributed by atoms with Gasteiger partial charge in [-0.15, -0.1) is 0 Å². The van der Waals surface area contributed by atoms with E-state index in [2.05, 4.69) is 15.0 Å². The van der Waals surface area contributed by atoms with Gasteiger partial charge in [-0.1, -0.05) is 12.1 Å². The Morgan fingerprint density at radius 2 is 1.54 bits per heavy atom. The number of amides is 4. The van der Waals surface area contributed by atoms with Crippen LogP contribution in [-0.2, 0) is 26.0 Å². The van der Waals surface area contributed by atoms with E-state index in [1.54, 1.807) is 53.2 Å². The minimum Gasteiger partial charge on any atom is -0.480 e. The number of carbonyl (C=O) groups is 4. The largest absolute Gasteiger partial charge is 0.480 e. The summed E-state index contributed by atoms with van der Waals surface area (Å²) in [5, 5.41) is 11.9. The molecule has 3 N–H and O–H groups in total. The van der Waals surface area contributed by atoms with Crippen LogP contribution in [0.1, 0.15) is 15.9 Å². The van der Waals surface area contributed by atoms with Crippen molar-refractivity contribution in [3.05, 3.63) is 108 Å². The Hall–Kier alpha value is -6.10. The highest BCUT2D eigenvalue weighted by atomic mass is 32.2. The molecule has 0 spiro atoms. The van der Waals surface area contributed by atoms with Gasteiger partial charge in [-0.25, -0.2) is 36.7 Å². The van der Waals surface area contributed by atoms with E-state index in [1.165, 1.54) is 54.7 Å². The number of fused-ring (bicyclic) bond motifs is 1. The topological polar surface area (TPSA) is 174 Å². The maximum Gasteiger partial charge on any atom is 0.332 e. The van der Waals surface area contributed by atoms with E-state index in [-0.39, 0.29) is 17.0 Å². The number of imide groups is 1. The van der Waals surface area contributed by atoms with Crippen LogP contribution in [0.4, 0.5) is 25.0 Å². The van der Waals surface area contributed by atoms with Gasteiger partial charge < -0.3 is 24.8 Å². The summed E-state index contributed by atoms with van der Waals surface area (Å²) in [6.07, 6.45) is 4.02. The van der Waals surface area contributed by atoms with Gasteiger partial charge in [-0.3, -0.25) is 14.3 Å². The van der Waals surface area contributed by atoms with Crippen molar-refractivity contribution in [1.29, 1.82) is 0 Å². The lowest BCUT2D eigenvalue weighted by atomic mass is 10.0. The van der Waals surface area contributed by atoms with Crippen molar-refractivity contribution in [2.24, 2.45) is 4.99 Å². The van der Waals surface area contributed by atoms with E-state index in [1.807, 2.05) is 0 Å². The van der Waals surface area contributed by atoms with Gasteiger partial charge in [-0.05, 0) is 66.2 Å². The lowest BCUT2D eigenvalue weighted by molar-refractivity contribution is -0.139. The van der Waals surface area contributed by atoms with Crippen molar-refractivity contribution in [3.8, 4) is 5.69 Å². The van der Waals surface area contributed by atoms with Crippen molar-refractivity contribution < 1.29 is 41.5 Å². The third-order valence-corrected chi connectivity index (χ3v) is 9.69. The Labute approximate surface area is 284 Å². The molecule has 1 saturated heterocycles. The molecule has 0 saturated carbocycles. The highest BCUT2D eigenvalue weighted by molar-refractivity contribution is 7.92. The number of carbonyl (C=O) groups excluding carboxylic acids is 3. The molecule has 258 valence electrons. The number of hydrogen-bond donors (Lipinski definition) is 3. The average Bonchev–Trinajstić information content (AvgIpc) is 3.74. The number of nitrogens with zero attached hydrogens (tertiary/aromatic N) is 5. The average molecular weight is 706 g/mol. The lowest BCUT2D eigenvalue weighted by Crippen LogP contribution is -2.64. The Morgan fingerprint density at radius 3 is 2.14 bits per heavy atom. The van der Waals surface area contributed by atoms with Crippen LogP contribution in [0.2, 0.25) is 0 Å². The van der Waals surface area contributed by atoms with Gasteiger partial charge in [0, 0.05) is 38.6 Å². The fourth-order valence-corrected chi connectivity index (χ4v) is 6.74. The number of aromatic nitrogens is 1. The normalized spacial score (nSPS) is 17.9. The fraction of sp³-hybridized carbons (Fsp3) is 0.182. The third-order valence-electron chi connectivity index (χ3n) is 8.29. The number of aliphatic carboxylic acids is 1. The van der Waals surface area contributed by atoms with Crippen molar-refractivity contribution in [3.63, 3.8) is 0 Å². The predicted molar refractivity (Wildman–Crippen MR) is 176 cm³/mol. The second-order valence-electron chi connectivity index (χ2n) is 11.6. The van der Waals surface area contributed by atoms with Crippen LogP contribution >= 0.6 is 0 Å². The molecule has 6 rings (SSSR count). The molecule has 3 aromatic carbocycles. The van der Waals surface area contributed by atoms with Gasteiger partial charge in [0.1, 0.15) is 23.2 Å². The zero-order valence-electron chi connectivity index (χ0n) is 26.4. The molecule has 0 radical (unpaired) electrons. The van der Waals surface area contributed by atoms with E-state index < -0.39 is 75.0 Å². The summed E-state index contributed by atoms with van der Waals surface area (Å²) in [6.45, 7) is 0. The fourth-order valence-electron chi connectivity index (χ4n) is 5.70. The number of aliphatic imine (C=N–C) groups is 1. The number of urea groups is 1. The molecule has 0 bridgehead atoms. The number of halogens is 2. The van der Waals surface area contributed by atoms with Gasteiger partial charge in [0.05, 0.1) is 22.6 Å². The molecular formula is C33H29F2N7O7S. The minimum atomic E-state index is -4.28. The molecular weight excluding hydrogens is 676 g/mol. The molecule has 2 aliphatic heterocycles. The second-order valence-corrected chi connectivity index (χ2v) is 13.3. The van der Waals surface area contributed by atoms with Crippen molar-refractivity contribution in [2.45, 2.75) is 29.6 Å².